The highest BCUT2D eigenvalue weighted by Gasteiger charge is 2.21. The van der Waals surface area contributed by atoms with E-state index in [4.69, 9.17) is 9.63 Å². The Morgan fingerprint density at radius 1 is 1.30 bits per heavy atom. The van der Waals surface area contributed by atoms with E-state index in [0.29, 0.717) is 11.4 Å². The molecule has 0 aliphatic carbocycles. The van der Waals surface area contributed by atoms with Crippen LogP contribution in [0.15, 0.2) is 47.2 Å². The van der Waals surface area contributed by atoms with Crippen LogP contribution in [0.3, 0.4) is 0 Å². The molecule has 8 heteroatoms. The van der Waals surface area contributed by atoms with Gasteiger partial charge in [0.25, 0.3) is 5.91 Å². The van der Waals surface area contributed by atoms with Crippen molar-refractivity contribution in [3.05, 3.63) is 54.0 Å². The third-order valence-corrected chi connectivity index (χ3v) is 3.12. The zero-order valence-electron chi connectivity index (χ0n) is 12.1. The second kappa shape index (κ2) is 5.76. The van der Waals surface area contributed by atoms with Gasteiger partial charge in [-0.1, -0.05) is 17.3 Å². The molecule has 0 fully saturated rings. The summed E-state index contributed by atoms with van der Waals surface area (Å²) in [5, 5.41) is 19.3. The van der Waals surface area contributed by atoms with Gasteiger partial charge in [0.2, 0.25) is 0 Å². The molecule has 0 unspecified atom stereocenters. The number of aryl methyl sites for hydroxylation is 1. The summed E-state index contributed by atoms with van der Waals surface area (Å²) in [5.41, 5.74) is 0.923. The molecule has 23 heavy (non-hydrogen) atoms. The predicted molar refractivity (Wildman–Crippen MR) is 80.1 cm³/mol. The number of aromatic carboxylic acids is 1. The highest BCUT2D eigenvalue weighted by Crippen LogP contribution is 2.22. The summed E-state index contributed by atoms with van der Waals surface area (Å²) in [6, 6.07) is 8.62. The highest BCUT2D eigenvalue weighted by molar-refractivity contribution is 6.09. The second-order valence-corrected chi connectivity index (χ2v) is 4.78. The van der Waals surface area contributed by atoms with Crippen molar-refractivity contribution in [2.75, 3.05) is 5.32 Å². The van der Waals surface area contributed by atoms with E-state index in [1.807, 2.05) is 0 Å². The number of amides is 1. The molecule has 2 aromatic heterocycles. The monoisotopic (exact) mass is 312 g/mol. The van der Waals surface area contributed by atoms with Gasteiger partial charge in [0, 0.05) is 30.6 Å². The molecule has 1 amide bonds. The molecule has 2 N–H and O–H groups in total. The van der Waals surface area contributed by atoms with Crippen LogP contribution in [-0.4, -0.2) is 31.9 Å². The fraction of sp³-hybridized carbons (Fsp3) is 0.0667. The number of rotatable bonds is 4. The normalized spacial score (nSPS) is 10.5. The number of carbonyl (C=O) groups excluding carboxylic acids is 1. The molecule has 1 aromatic carbocycles. The lowest BCUT2D eigenvalue weighted by molar-refractivity contribution is 0.0692. The first kappa shape index (κ1) is 14.5. The van der Waals surface area contributed by atoms with Crippen LogP contribution in [0.2, 0.25) is 0 Å². The highest BCUT2D eigenvalue weighted by atomic mass is 16.5. The topological polar surface area (TPSA) is 110 Å². The Morgan fingerprint density at radius 2 is 2.13 bits per heavy atom. The van der Waals surface area contributed by atoms with Gasteiger partial charge in [0.15, 0.2) is 11.5 Å². The Labute approximate surface area is 130 Å². The summed E-state index contributed by atoms with van der Waals surface area (Å²) < 4.78 is 6.34. The maximum Gasteiger partial charge on any atom is 0.339 e. The smallest absolute Gasteiger partial charge is 0.339 e. The molecule has 116 valence electrons. The maximum absolute atomic E-state index is 12.3. The lowest BCUT2D eigenvalue weighted by atomic mass is 10.1. The summed E-state index contributed by atoms with van der Waals surface area (Å²) in [7, 11) is 1.55. The molecule has 0 atom stereocenters. The van der Waals surface area contributed by atoms with Crippen molar-refractivity contribution in [2.45, 2.75) is 0 Å². The molecule has 3 rings (SSSR count). The van der Waals surface area contributed by atoms with Crippen molar-refractivity contribution in [1.29, 1.82) is 0 Å². The van der Waals surface area contributed by atoms with Crippen molar-refractivity contribution in [2.24, 2.45) is 7.05 Å². The number of nitrogens with one attached hydrogen (secondary N) is 1. The van der Waals surface area contributed by atoms with E-state index >= 15 is 0 Å². The van der Waals surface area contributed by atoms with Gasteiger partial charge < -0.3 is 14.9 Å². The average Bonchev–Trinajstić information content (AvgIpc) is 3.16. The van der Waals surface area contributed by atoms with Crippen molar-refractivity contribution in [3.8, 4) is 11.3 Å². The number of anilines is 1. The fourth-order valence-electron chi connectivity index (χ4n) is 2.12. The Bertz CT molecular complexity index is 867. The summed E-state index contributed by atoms with van der Waals surface area (Å²) >= 11 is 0. The van der Waals surface area contributed by atoms with Crippen LogP contribution in [-0.2, 0) is 7.05 Å². The first-order valence-electron chi connectivity index (χ1n) is 6.64. The lowest BCUT2D eigenvalue weighted by Gasteiger charge is -2.05. The maximum atomic E-state index is 12.3. The largest absolute Gasteiger partial charge is 0.478 e. The van der Waals surface area contributed by atoms with Gasteiger partial charge in [-0.25, -0.2) is 4.79 Å². The number of carboxylic acids is 1. The summed E-state index contributed by atoms with van der Waals surface area (Å²) in [4.78, 5) is 23.4. The minimum Gasteiger partial charge on any atom is -0.478 e. The number of hydrogen-bond acceptors (Lipinski definition) is 5. The van der Waals surface area contributed by atoms with Crippen LogP contribution in [0.5, 0.6) is 0 Å². The van der Waals surface area contributed by atoms with Crippen molar-refractivity contribution in [1.82, 2.24) is 14.9 Å². The third kappa shape index (κ3) is 2.95. The third-order valence-electron chi connectivity index (χ3n) is 3.12. The number of benzene rings is 1. The number of aromatic nitrogens is 3. The Morgan fingerprint density at radius 3 is 2.83 bits per heavy atom. The molecule has 0 saturated carbocycles. The molecular weight excluding hydrogens is 300 g/mol. The minimum atomic E-state index is -1.21. The summed E-state index contributed by atoms with van der Waals surface area (Å²) in [5.74, 6) is -1.25. The predicted octanol–water partition coefficient (Wildman–Crippen LogP) is 2.03. The molecule has 0 saturated heterocycles. The van der Waals surface area contributed by atoms with Crippen LogP contribution in [0.25, 0.3) is 11.3 Å². The number of carboxylic acid groups (broad SMARTS) is 1. The van der Waals surface area contributed by atoms with Crippen LogP contribution < -0.4 is 5.32 Å². The van der Waals surface area contributed by atoms with Gasteiger partial charge in [0.1, 0.15) is 5.56 Å². The quantitative estimate of drug-likeness (QED) is 0.762. The SMILES string of the molecule is Cn1cc(C(=O)O)c(C(=O)Nc2cccc(-c3ccno3)c2)n1. The van der Waals surface area contributed by atoms with Gasteiger partial charge >= 0.3 is 5.97 Å². The fourth-order valence-corrected chi connectivity index (χ4v) is 2.12. The van der Waals surface area contributed by atoms with Gasteiger partial charge in [-0.2, -0.15) is 5.10 Å². The zero-order chi connectivity index (χ0) is 16.4. The van der Waals surface area contributed by atoms with E-state index in [1.54, 1.807) is 37.4 Å². The van der Waals surface area contributed by atoms with Crippen LogP contribution in [0, 0.1) is 0 Å². The van der Waals surface area contributed by atoms with E-state index in [9.17, 15) is 9.59 Å². The van der Waals surface area contributed by atoms with E-state index in [-0.39, 0.29) is 11.3 Å². The first-order valence-corrected chi connectivity index (χ1v) is 6.64. The molecule has 0 aliphatic rings. The van der Waals surface area contributed by atoms with E-state index in [2.05, 4.69) is 15.6 Å². The standard InChI is InChI=1S/C15H12N4O4/c1-19-8-11(15(21)22)13(18-19)14(20)17-10-4-2-3-9(7-10)12-5-6-16-23-12/h2-8H,1H3,(H,17,20)(H,21,22). The molecule has 2 heterocycles. The number of hydrogen-bond donors (Lipinski definition) is 2. The Kier molecular flexibility index (Phi) is 3.63. The van der Waals surface area contributed by atoms with Gasteiger partial charge in [-0.3, -0.25) is 9.48 Å². The Balaban J connectivity index is 1.86. The molecule has 0 spiro atoms. The van der Waals surface area contributed by atoms with Crippen molar-refractivity contribution in [3.63, 3.8) is 0 Å². The average molecular weight is 312 g/mol. The van der Waals surface area contributed by atoms with Gasteiger partial charge in [0.05, 0.1) is 6.20 Å². The van der Waals surface area contributed by atoms with E-state index in [1.165, 1.54) is 17.1 Å². The molecule has 3 aromatic rings. The van der Waals surface area contributed by atoms with E-state index in [0.717, 1.165) is 5.56 Å². The molecule has 0 bridgehead atoms. The minimum absolute atomic E-state index is 0.148. The molecule has 8 nitrogen and oxygen atoms in total. The van der Waals surface area contributed by atoms with E-state index < -0.39 is 11.9 Å². The van der Waals surface area contributed by atoms with Crippen LogP contribution in [0.1, 0.15) is 20.8 Å². The zero-order valence-corrected chi connectivity index (χ0v) is 12.1. The number of nitrogens with zero attached hydrogens (tertiary/aromatic N) is 3. The van der Waals surface area contributed by atoms with Crippen LogP contribution in [0.4, 0.5) is 5.69 Å². The summed E-state index contributed by atoms with van der Waals surface area (Å²) in [6.45, 7) is 0. The summed E-state index contributed by atoms with van der Waals surface area (Å²) in [6.07, 6.45) is 2.80. The van der Waals surface area contributed by atoms with Gasteiger partial charge in [-0.05, 0) is 12.1 Å². The molecule has 0 radical (unpaired) electrons. The second-order valence-electron chi connectivity index (χ2n) is 4.78. The Hall–Kier alpha value is -3.42. The first-order chi connectivity index (χ1) is 11.0. The number of carbonyl (C=O) groups is 2. The van der Waals surface area contributed by atoms with Gasteiger partial charge in [-0.15, -0.1) is 0 Å². The lowest BCUT2D eigenvalue weighted by Crippen LogP contribution is -2.16. The van der Waals surface area contributed by atoms with Crippen LogP contribution >= 0.6 is 0 Å². The molecular formula is C15H12N4O4. The van der Waals surface area contributed by atoms with Crippen molar-refractivity contribution >= 4 is 17.6 Å². The van der Waals surface area contributed by atoms with Crippen molar-refractivity contribution < 1.29 is 19.2 Å². The molecule has 0 aliphatic heterocycles.